The molecule has 150 valence electrons. The van der Waals surface area contributed by atoms with Gasteiger partial charge >= 0.3 is 0 Å². The summed E-state index contributed by atoms with van der Waals surface area (Å²) in [5.74, 6) is 0.960. The maximum atomic E-state index is 5.54. The van der Waals surface area contributed by atoms with E-state index in [1.54, 1.807) is 7.11 Å². The van der Waals surface area contributed by atoms with Gasteiger partial charge in [-0.15, -0.1) is 0 Å². The van der Waals surface area contributed by atoms with Crippen molar-refractivity contribution in [3.05, 3.63) is 83.4 Å². The van der Waals surface area contributed by atoms with Crippen molar-refractivity contribution in [2.24, 2.45) is 0 Å². The molecular weight excluding hydrogens is 356 g/mol. The Bertz CT molecular complexity index is 974. The van der Waals surface area contributed by atoms with Gasteiger partial charge < -0.3 is 9.64 Å². The summed E-state index contributed by atoms with van der Waals surface area (Å²) in [7, 11) is 1.75. The van der Waals surface area contributed by atoms with Crippen LogP contribution >= 0.6 is 0 Å². The van der Waals surface area contributed by atoms with Gasteiger partial charge in [0.1, 0.15) is 5.75 Å². The third-order valence-electron chi connectivity index (χ3n) is 5.84. The van der Waals surface area contributed by atoms with Crippen LogP contribution < -0.4 is 9.64 Å². The molecule has 29 heavy (non-hydrogen) atoms. The highest BCUT2D eigenvalue weighted by Crippen LogP contribution is 2.29. The Kier molecular flexibility index (Phi) is 5.86. The Labute approximate surface area is 174 Å². The Morgan fingerprint density at radius 1 is 0.828 bits per heavy atom. The van der Waals surface area contributed by atoms with Gasteiger partial charge in [0.05, 0.1) is 12.8 Å². The molecule has 3 aromatic rings. The van der Waals surface area contributed by atoms with Crippen LogP contribution in [0.5, 0.6) is 5.75 Å². The lowest BCUT2D eigenvalue weighted by Gasteiger charge is -2.36. The van der Waals surface area contributed by atoms with Crippen molar-refractivity contribution in [2.75, 3.05) is 38.2 Å². The fraction of sp³-hybridized carbons (Fsp3) is 0.308. The normalized spacial score (nSPS) is 14.8. The minimum absolute atomic E-state index is 0.960. The Hall–Kier alpha value is -2.78. The average molecular weight is 387 g/mol. The molecule has 3 nitrogen and oxygen atoms in total. The van der Waals surface area contributed by atoms with Crippen LogP contribution in [0.2, 0.25) is 0 Å². The Balaban J connectivity index is 1.44. The molecule has 1 aliphatic heterocycles. The van der Waals surface area contributed by atoms with Gasteiger partial charge in [-0.25, -0.2) is 0 Å². The third-order valence-corrected chi connectivity index (χ3v) is 5.84. The summed E-state index contributed by atoms with van der Waals surface area (Å²) >= 11 is 0. The number of para-hydroxylation sites is 2. The van der Waals surface area contributed by atoms with Gasteiger partial charge in [-0.05, 0) is 54.3 Å². The number of rotatable bonds is 5. The topological polar surface area (TPSA) is 15.7 Å². The number of hydrogen-bond acceptors (Lipinski definition) is 3. The highest BCUT2D eigenvalue weighted by atomic mass is 16.5. The number of hydrogen-bond donors (Lipinski definition) is 0. The van der Waals surface area contributed by atoms with E-state index in [0.29, 0.717) is 0 Å². The van der Waals surface area contributed by atoms with Gasteiger partial charge in [0.2, 0.25) is 0 Å². The second kappa shape index (κ2) is 8.71. The lowest BCUT2D eigenvalue weighted by molar-refractivity contribution is 0.249. The zero-order valence-corrected chi connectivity index (χ0v) is 17.7. The van der Waals surface area contributed by atoms with Crippen LogP contribution in [0.15, 0.2) is 66.7 Å². The van der Waals surface area contributed by atoms with E-state index in [9.17, 15) is 0 Å². The fourth-order valence-corrected chi connectivity index (χ4v) is 4.19. The predicted molar refractivity (Wildman–Crippen MR) is 122 cm³/mol. The second-order valence-electron chi connectivity index (χ2n) is 7.95. The first-order valence-electron chi connectivity index (χ1n) is 10.4. The second-order valence-corrected chi connectivity index (χ2v) is 7.95. The summed E-state index contributed by atoms with van der Waals surface area (Å²) in [4.78, 5) is 4.99. The van der Waals surface area contributed by atoms with E-state index in [4.69, 9.17) is 4.74 Å². The van der Waals surface area contributed by atoms with Crippen molar-refractivity contribution >= 4 is 5.69 Å². The average Bonchev–Trinajstić information content (AvgIpc) is 2.75. The number of anilines is 1. The van der Waals surface area contributed by atoms with Crippen molar-refractivity contribution in [1.29, 1.82) is 0 Å². The number of nitrogens with zero attached hydrogens (tertiary/aromatic N) is 2. The van der Waals surface area contributed by atoms with Crippen LogP contribution in [0.4, 0.5) is 5.69 Å². The van der Waals surface area contributed by atoms with Crippen LogP contribution in [-0.2, 0) is 6.54 Å². The first-order chi connectivity index (χ1) is 14.1. The molecule has 0 bridgehead atoms. The van der Waals surface area contributed by atoms with E-state index in [-0.39, 0.29) is 0 Å². The van der Waals surface area contributed by atoms with Gasteiger partial charge in [0.15, 0.2) is 0 Å². The highest BCUT2D eigenvalue weighted by molar-refractivity contribution is 5.68. The van der Waals surface area contributed by atoms with Gasteiger partial charge in [0.25, 0.3) is 0 Å². The Morgan fingerprint density at radius 2 is 1.62 bits per heavy atom. The van der Waals surface area contributed by atoms with Crippen molar-refractivity contribution in [1.82, 2.24) is 4.90 Å². The summed E-state index contributed by atoms with van der Waals surface area (Å²) in [5.41, 5.74) is 7.88. The first-order valence-corrected chi connectivity index (χ1v) is 10.4. The van der Waals surface area contributed by atoms with Gasteiger partial charge in [-0.1, -0.05) is 54.1 Å². The molecule has 1 saturated heterocycles. The largest absolute Gasteiger partial charge is 0.495 e. The third kappa shape index (κ3) is 4.46. The number of methoxy groups -OCH3 is 1. The van der Waals surface area contributed by atoms with E-state index in [2.05, 4.69) is 78.2 Å². The van der Waals surface area contributed by atoms with Crippen molar-refractivity contribution < 1.29 is 4.74 Å². The molecule has 3 aromatic carbocycles. The molecule has 3 heteroatoms. The quantitative estimate of drug-likeness (QED) is 0.592. The lowest BCUT2D eigenvalue weighted by atomic mass is 9.97. The molecule has 0 radical (unpaired) electrons. The van der Waals surface area contributed by atoms with Gasteiger partial charge in [-0.2, -0.15) is 0 Å². The molecule has 0 aliphatic carbocycles. The maximum Gasteiger partial charge on any atom is 0.142 e. The standard InChI is InChI=1S/C26H30N2O/c1-20-7-6-8-23(17-20)24-18-22(12-11-21(24)2)19-27-13-15-28(16-14-27)25-9-4-5-10-26(25)29-3/h4-12,17-18H,13-16,19H2,1-3H3. The van der Waals surface area contributed by atoms with Crippen LogP contribution in [0.25, 0.3) is 11.1 Å². The predicted octanol–water partition coefficient (Wildman–Crippen LogP) is 5.30. The summed E-state index contributed by atoms with van der Waals surface area (Å²) in [6.45, 7) is 9.53. The summed E-state index contributed by atoms with van der Waals surface area (Å²) in [6, 6.07) is 24.0. The van der Waals surface area contributed by atoms with Crippen molar-refractivity contribution in [3.63, 3.8) is 0 Å². The highest BCUT2D eigenvalue weighted by Gasteiger charge is 2.19. The SMILES string of the molecule is COc1ccccc1N1CCN(Cc2ccc(C)c(-c3cccc(C)c3)c2)CC1. The molecule has 0 N–H and O–H groups in total. The van der Waals surface area contributed by atoms with Crippen LogP contribution in [-0.4, -0.2) is 38.2 Å². The van der Waals surface area contributed by atoms with E-state index >= 15 is 0 Å². The minimum Gasteiger partial charge on any atom is -0.495 e. The molecule has 1 aliphatic rings. The van der Waals surface area contributed by atoms with E-state index in [0.717, 1.165) is 38.5 Å². The van der Waals surface area contributed by atoms with Crippen LogP contribution in [0.1, 0.15) is 16.7 Å². The lowest BCUT2D eigenvalue weighted by Crippen LogP contribution is -2.46. The van der Waals surface area contributed by atoms with E-state index in [1.807, 2.05) is 12.1 Å². The van der Waals surface area contributed by atoms with Gasteiger partial charge in [0, 0.05) is 32.7 Å². The number of piperazine rings is 1. The van der Waals surface area contributed by atoms with Crippen molar-refractivity contribution in [2.45, 2.75) is 20.4 Å². The molecular formula is C26H30N2O. The molecule has 0 amide bonds. The summed E-state index contributed by atoms with van der Waals surface area (Å²) < 4.78 is 5.54. The van der Waals surface area contributed by atoms with E-state index < -0.39 is 0 Å². The minimum atomic E-state index is 0.960. The number of benzene rings is 3. The van der Waals surface area contributed by atoms with E-state index in [1.165, 1.54) is 33.5 Å². The summed E-state index contributed by atoms with van der Waals surface area (Å²) in [5, 5.41) is 0. The Morgan fingerprint density at radius 3 is 2.38 bits per heavy atom. The molecule has 0 aromatic heterocycles. The number of aryl methyl sites for hydroxylation is 2. The van der Waals surface area contributed by atoms with Crippen LogP contribution in [0, 0.1) is 13.8 Å². The fourth-order valence-electron chi connectivity index (χ4n) is 4.19. The molecule has 0 atom stereocenters. The molecule has 4 rings (SSSR count). The molecule has 1 heterocycles. The number of ether oxygens (including phenoxy) is 1. The van der Waals surface area contributed by atoms with Crippen LogP contribution in [0.3, 0.4) is 0 Å². The van der Waals surface area contributed by atoms with Gasteiger partial charge in [-0.3, -0.25) is 4.90 Å². The zero-order valence-electron chi connectivity index (χ0n) is 17.7. The zero-order chi connectivity index (χ0) is 20.2. The maximum absolute atomic E-state index is 5.54. The molecule has 1 fully saturated rings. The monoisotopic (exact) mass is 386 g/mol. The molecule has 0 spiro atoms. The smallest absolute Gasteiger partial charge is 0.142 e. The molecule has 0 saturated carbocycles. The molecule has 0 unspecified atom stereocenters. The van der Waals surface area contributed by atoms with Crippen molar-refractivity contribution in [3.8, 4) is 16.9 Å². The first kappa shape index (κ1) is 19.5. The summed E-state index contributed by atoms with van der Waals surface area (Å²) in [6.07, 6.45) is 0.